The number of alkyl halides is 4. The first-order valence-corrected chi connectivity index (χ1v) is 7.76. The van der Waals surface area contributed by atoms with Gasteiger partial charge in [-0.15, -0.1) is 0 Å². The van der Waals surface area contributed by atoms with E-state index in [0.29, 0.717) is 5.56 Å². The normalized spacial score (nSPS) is 11.4. The number of halogens is 4. The third kappa shape index (κ3) is 3.83. The van der Waals surface area contributed by atoms with Crippen LogP contribution in [0.5, 0.6) is 5.75 Å². The van der Waals surface area contributed by atoms with Crippen LogP contribution in [0.25, 0.3) is 5.65 Å². The maximum atomic E-state index is 13.2. The van der Waals surface area contributed by atoms with E-state index >= 15 is 0 Å². The lowest BCUT2D eigenvalue weighted by Gasteiger charge is -2.12. The van der Waals surface area contributed by atoms with Crippen LogP contribution in [0, 0.1) is 13.8 Å². The number of fused-ring (bicyclic) bond motifs is 1. The van der Waals surface area contributed by atoms with Crippen molar-refractivity contribution >= 4 is 17.2 Å². The van der Waals surface area contributed by atoms with E-state index in [9.17, 15) is 22.4 Å². The van der Waals surface area contributed by atoms with Crippen molar-refractivity contribution < 1.29 is 27.1 Å². The summed E-state index contributed by atoms with van der Waals surface area (Å²) in [7, 11) is 0. The van der Waals surface area contributed by atoms with Gasteiger partial charge in [-0.1, -0.05) is 6.07 Å². The lowest BCUT2D eigenvalue weighted by atomic mass is 10.2. The van der Waals surface area contributed by atoms with Gasteiger partial charge in [-0.05, 0) is 37.6 Å². The Morgan fingerprint density at radius 1 is 1.19 bits per heavy atom. The van der Waals surface area contributed by atoms with Crippen molar-refractivity contribution in [3.8, 4) is 5.75 Å². The monoisotopic (exact) mass is 382 g/mol. The fraction of sp³-hybridized carbons (Fsp3) is 0.235. The second-order valence-electron chi connectivity index (χ2n) is 5.75. The van der Waals surface area contributed by atoms with Crippen molar-refractivity contribution in [3.05, 3.63) is 53.0 Å². The third-order valence-corrected chi connectivity index (χ3v) is 3.69. The topological polar surface area (TPSA) is 68.5 Å². The second-order valence-corrected chi connectivity index (χ2v) is 5.75. The zero-order chi connectivity index (χ0) is 19.7. The Bertz CT molecular complexity index is 1000. The predicted molar refractivity (Wildman–Crippen MR) is 88.4 cm³/mol. The van der Waals surface area contributed by atoms with Crippen LogP contribution in [0.4, 0.5) is 23.2 Å². The molecule has 2 heterocycles. The zero-order valence-corrected chi connectivity index (χ0v) is 14.2. The largest absolute Gasteiger partial charge is 0.433 e. The molecule has 2 aromatic heterocycles. The summed E-state index contributed by atoms with van der Waals surface area (Å²) in [5.74, 6) is -0.967. The number of ether oxygens (including phenoxy) is 1. The molecule has 0 aliphatic heterocycles. The highest BCUT2D eigenvalue weighted by Gasteiger charge is 2.21. The predicted octanol–water partition coefficient (Wildman–Crippen LogP) is 4.14. The molecule has 0 aliphatic carbocycles. The van der Waals surface area contributed by atoms with Gasteiger partial charge >= 0.3 is 6.61 Å². The number of aromatic nitrogens is 3. The molecule has 3 aromatic rings. The van der Waals surface area contributed by atoms with Crippen LogP contribution in [0.3, 0.4) is 0 Å². The first kappa shape index (κ1) is 18.6. The van der Waals surface area contributed by atoms with E-state index in [1.54, 1.807) is 13.0 Å². The van der Waals surface area contributed by atoms with Gasteiger partial charge in [-0.25, -0.2) is 18.3 Å². The minimum absolute atomic E-state index is 0.0152. The average molecular weight is 382 g/mol. The smallest absolute Gasteiger partial charge is 0.387 e. The summed E-state index contributed by atoms with van der Waals surface area (Å²) >= 11 is 0. The maximum Gasteiger partial charge on any atom is 0.387 e. The molecule has 0 fully saturated rings. The lowest BCUT2D eigenvalue weighted by molar-refractivity contribution is -0.0493. The van der Waals surface area contributed by atoms with Crippen LogP contribution in [0.15, 0.2) is 30.5 Å². The van der Waals surface area contributed by atoms with E-state index in [1.165, 1.54) is 25.1 Å². The minimum atomic E-state index is -3.07. The van der Waals surface area contributed by atoms with Gasteiger partial charge in [0.25, 0.3) is 12.3 Å². The molecule has 0 saturated heterocycles. The molecule has 10 heteroatoms. The van der Waals surface area contributed by atoms with E-state index in [0.717, 1.165) is 10.7 Å². The number of amides is 1. The lowest BCUT2D eigenvalue weighted by Crippen LogP contribution is -2.14. The van der Waals surface area contributed by atoms with Crippen molar-refractivity contribution in [1.82, 2.24) is 14.6 Å². The number of benzene rings is 1. The molecular formula is C17H14F4N4O2. The van der Waals surface area contributed by atoms with Crippen molar-refractivity contribution in [2.24, 2.45) is 0 Å². The summed E-state index contributed by atoms with van der Waals surface area (Å²) in [6.07, 6.45) is -1.72. The first-order valence-electron chi connectivity index (χ1n) is 7.76. The Labute approximate surface area is 150 Å². The average Bonchev–Trinajstić information content (AvgIpc) is 2.99. The number of nitrogens with zero attached hydrogens (tertiary/aromatic N) is 3. The summed E-state index contributed by atoms with van der Waals surface area (Å²) in [6, 6.07) is 5.46. The summed E-state index contributed by atoms with van der Waals surface area (Å²) in [4.78, 5) is 16.7. The Morgan fingerprint density at radius 2 is 1.93 bits per heavy atom. The number of anilines is 1. The van der Waals surface area contributed by atoms with E-state index in [2.05, 4.69) is 20.1 Å². The molecule has 142 valence electrons. The SMILES string of the molecule is Cc1ccc(OC(F)F)c(NC(=O)c2cnn3c(C(F)F)cc(C)nc23)c1. The van der Waals surface area contributed by atoms with Crippen LogP contribution in [-0.4, -0.2) is 27.1 Å². The van der Waals surface area contributed by atoms with Gasteiger partial charge in [0.2, 0.25) is 0 Å². The highest BCUT2D eigenvalue weighted by molar-refractivity contribution is 6.08. The van der Waals surface area contributed by atoms with Crippen molar-refractivity contribution in [2.75, 3.05) is 5.32 Å². The third-order valence-electron chi connectivity index (χ3n) is 3.69. The maximum absolute atomic E-state index is 13.2. The standard InChI is InChI=1S/C17H14F4N4O2/c1-8-3-4-13(27-17(20)21)11(5-8)24-16(26)10-7-22-25-12(14(18)19)6-9(2)23-15(10)25/h3-7,14,17H,1-2H3,(H,24,26). The fourth-order valence-electron chi connectivity index (χ4n) is 2.56. The molecule has 27 heavy (non-hydrogen) atoms. The van der Waals surface area contributed by atoms with Gasteiger partial charge in [-0.2, -0.15) is 13.9 Å². The number of aryl methyl sites for hydroxylation is 2. The molecule has 0 bridgehead atoms. The fourth-order valence-corrected chi connectivity index (χ4v) is 2.56. The molecule has 0 radical (unpaired) electrons. The molecule has 0 aliphatic rings. The van der Waals surface area contributed by atoms with Crippen LogP contribution >= 0.6 is 0 Å². The highest BCUT2D eigenvalue weighted by Crippen LogP contribution is 2.28. The molecule has 0 spiro atoms. The molecule has 1 N–H and O–H groups in total. The molecular weight excluding hydrogens is 368 g/mol. The van der Waals surface area contributed by atoms with Crippen LogP contribution < -0.4 is 10.1 Å². The van der Waals surface area contributed by atoms with E-state index in [4.69, 9.17) is 0 Å². The summed E-state index contributed by atoms with van der Waals surface area (Å²) in [5.41, 5.74) is 0.442. The second kappa shape index (κ2) is 7.22. The molecule has 6 nitrogen and oxygen atoms in total. The summed E-state index contributed by atoms with van der Waals surface area (Å²) in [5, 5.41) is 6.24. The molecule has 0 saturated carbocycles. The quantitative estimate of drug-likeness (QED) is 0.674. The number of hydrogen-bond acceptors (Lipinski definition) is 4. The molecule has 3 rings (SSSR count). The van der Waals surface area contributed by atoms with E-state index < -0.39 is 24.6 Å². The highest BCUT2D eigenvalue weighted by atomic mass is 19.3. The van der Waals surface area contributed by atoms with Gasteiger partial charge in [-0.3, -0.25) is 4.79 Å². The number of rotatable bonds is 5. The number of carbonyl (C=O) groups is 1. The van der Waals surface area contributed by atoms with E-state index in [-0.39, 0.29) is 28.3 Å². The Morgan fingerprint density at radius 3 is 2.59 bits per heavy atom. The number of hydrogen-bond donors (Lipinski definition) is 1. The van der Waals surface area contributed by atoms with Gasteiger partial charge < -0.3 is 10.1 Å². The van der Waals surface area contributed by atoms with Gasteiger partial charge in [0, 0.05) is 5.69 Å². The Hall–Kier alpha value is -3.17. The minimum Gasteiger partial charge on any atom is -0.433 e. The van der Waals surface area contributed by atoms with Crippen molar-refractivity contribution in [2.45, 2.75) is 26.9 Å². The van der Waals surface area contributed by atoms with Gasteiger partial charge in [0.1, 0.15) is 17.0 Å². The molecule has 1 aromatic carbocycles. The van der Waals surface area contributed by atoms with Crippen molar-refractivity contribution in [3.63, 3.8) is 0 Å². The number of carbonyl (C=O) groups excluding carboxylic acids is 1. The summed E-state index contributed by atoms with van der Waals surface area (Å²) < 4.78 is 56.7. The first-order chi connectivity index (χ1) is 12.8. The molecule has 0 unspecified atom stereocenters. The molecule has 1 amide bonds. The van der Waals surface area contributed by atoms with Crippen LogP contribution in [0.2, 0.25) is 0 Å². The molecule has 0 atom stereocenters. The Balaban J connectivity index is 2.00. The van der Waals surface area contributed by atoms with Gasteiger partial charge in [0.05, 0.1) is 11.9 Å². The van der Waals surface area contributed by atoms with E-state index in [1.807, 2.05) is 0 Å². The summed E-state index contributed by atoms with van der Waals surface area (Å²) in [6.45, 7) is 0.144. The Kier molecular flexibility index (Phi) is 4.98. The van der Waals surface area contributed by atoms with Crippen LogP contribution in [-0.2, 0) is 0 Å². The van der Waals surface area contributed by atoms with Crippen molar-refractivity contribution in [1.29, 1.82) is 0 Å². The zero-order valence-electron chi connectivity index (χ0n) is 14.2. The van der Waals surface area contributed by atoms with Crippen LogP contribution in [0.1, 0.15) is 33.7 Å². The van der Waals surface area contributed by atoms with Gasteiger partial charge in [0.15, 0.2) is 5.65 Å². The number of nitrogens with one attached hydrogen (secondary N) is 1.